The summed E-state index contributed by atoms with van der Waals surface area (Å²) >= 11 is 1.20. The van der Waals surface area contributed by atoms with Crippen molar-refractivity contribution >= 4 is 52.6 Å². The number of nitrogens with one attached hydrogen (secondary N) is 2. The number of carbonyl (C=O) groups is 4. The Morgan fingerprint density at radius 3 is 2.17 bits per heavy atom. The van der Waals surface area contributed by atoms with Crippen molar-refractivity contribution in [2.75, 3.05) is 10.6 Å². The number of carbonyl (C=O) groups excluding carboxylic acids is 2. The summed E-state index contributed by atoms with van der Waals surface area (Å²) in [6.45, 7) is 1.67. The zero-order chi connectivity index (χ0) is 26.4. The third-order valence-electron chi connectivity index (χ3n) is 4.86. The van der Waals surface area contributed by atoms with Crippen LogP contribution in [0.4, 0.5) is 17.1 Å². The molecule has 0 aliphatic rings. The number of anilines is 2. The molecule has 3 aromatic carbocycles. The summed E-state index contributed by atoms with van der Waals surface area (Å²) < 4.78 is 0. The Labute approximate surface area is 208 Å². The molecule has 1 unspecified atom stereocenters. The number of nitro benzene ring substituents is 1. The lowest BCUT2D eigenvalue weighted by Crippen LogP contribution is -2.22. The standard InChI is InChI=1S/C24H19N3O8S/c1-13(21(28)25-15-6-8-17(9-7-15)27(34)35)36-18-4-2-3-16(12-18)26-22(29)19-10-5-14(23(30)31)11-20(19)24(32)33/h2-13H,1H3,(H,25,28)(H,26,29)(H,30,31)(H,32,33). The van der Waals surface area contributed by atoms with E-state index < -0.39 is 33.6 Å². The fourth-order valence-electron chi connectivity index (χ4n) is 3.07. The Hall–Kier alpha value is -4.71. The first-order valence-corrected chi connectivity index (χ1v) is 11.2. The Kier molecular flexibility index (Phi) is 8.02. The van der Waals surface area contributed by atoms with Crippen LogP contribution in [0.5, 0.6) is 0 Å². The maximum Gasteiger partial charge on any atom is 0.336 e. The first-order chi connectivity index (χ1) is 17.0. The molecule has 1 atom stereocenters. The van der Waals surface area contributed by atoms with Gasteiger partial charge < -0.3 is 20.8 Å². The van der Waals surface area contributed by atoms with Crippen LogP contribution in [0.15, 0.2) is 71.6 Å². The third-order valence-corrected chi connectivity index (χ3v) is 5.95. The van der Waals surface area contributed by atoms with Crippen LogP contribution in [-0.2, 0) is 4.79 Å². The molecule has 0 fully saturated rings. The molecule has 0 aliphatic heterocycles. The van der Waals surface area contributed by atoms with Crippen molar-refractivity contribution in [1.82, 2.24) is 0 Å². The van der Waals surface area contributed by atoms with Crippen LogP contribution in [0.3, 0.4) is 0 Å². The molecular weight excluding hydrogens is 490 g/mol. The van der Waals surface area contributed by atoms with Gasteiger partial charge in [-0.05, 0) is 55.5 Å². The molecule has 0 bridgehead atoms. The van der Waals surface area contributed by atoms with Crippen LogP contribution in [0.2, 0.25) is 0 Å². The smallest absolute Gasteiger partial charge is 0.336 e. The Balaban J connectivity index is 1.68. The molecule has 184 valence electrons. The predicted molar refractivity (Wildman–Crippen MR) is 132 cm³/mol. The van der Waals surface area contributed by atoms with E-state index in [1.165, 1.54) is 36.0 Å². The highest BCUT2D eigenvalue weighted by Crippen LogP contribution is 2.27. The Bertz CT molecular complexity index is 1360. The number of nitrogens with zero attached hydrogens (tertiary/aromatic N) is 1. The molecule has 0 aliphatic carbocycles. The lowest BCUT2D eigenvalue weighted by Gasteiger charge is -2.13. The molecule has 11 nitrogen and oxygen atoms in total. The minimum Gasteiger partial charge on any atom is -0.478 e. The number of nitro groups is 1. The van der Waals surface area contributed by atoms with Gasteiger partial charge in [0.05, 0.1) is 26.9 Å². The minimum absolute atomic E-state index is 0.0948. The number of carboxylic acids is 2. The second-order valence-corrected chi connectivity index (χ2v) is 8.82. The summed E-state index contributed by atoms with van der Waals surface area (Å²) in [5.41, 5.74) is -0.268. The van der Waals surface area contributed by atoms with E-state index in [2.05, 4.69) is 10.6 Å². The average Bonchev–Trinajstić information content (AvgIpc) is 2.84. The molecule has 4 N–H and O–H groups in total. The van der Waals surface area contributed by atoms with Gasteiger partial charge in [-0.25, -0.2) is 9.59 Å². The van der Waals surface area contributed by atoms with E-state index in [1.807, 2.05) is 0 Å². The highest BCUT2D eigenvalue weighted by Gasteiger charge is 2.20. The first-order valence-electron chi connectivity index (χ1n) is 10.3. The van der Waals surface area contributed by atoms with Gasteiger partial charge in [-0.1, -0.05) is 6.07 Å². The minimum atomic E-state index is -1.44. The molecule has 3 aromatic rings. The van der Waals surface area contributed by atoms with Gasteiger partial charge in [-0.2, -0.15) is 0 Å². The van der Waals surface area contributed by atoms with E-state index >= 15 is 0 Å². The predicted octanol–water partition coefficient (Wildman–Crippen LogP) is 4.36. The van der Waals surface area contributed by atoms with Gasteiger partial charge in [0.15, 0.2) is 0 Å². The fraction of sp³-hybridized carbons (Fsp3) is 0.0833. The SMILES string of the molecule is CC(Sc1cccc(NC(=O)c2ccc(C(=O)O)cc2C(=O)O)c1)C(=O)Nc1ccc([N+](=O)[O-])cc1. The number of non-ortho nitro benzene ring substituents is 1. The summed E-state index contributed by atoms with van der Waals surface area (Å²) in [4.78, 5) is 58.7. The van der Waals surface area contributed by atoms with Crippen molar-refractivity contribution < 1.29 is 34.3 Å². The number of carboxylic acid groups (broad SMARTS) is 2. The Morgan fingerprint density at radius 2 is 1.56 bits per heavy atom. The van der Waals surface area contributed by atoms with Crippen LogP contribution in [0, 0.1) is 10.1 Å². The van der Waals surface area contributed by atoms with Crippen molar-refractivity contribution in [3.63, 3.8) is 0 Å². The molecule has 3 rings (SSSR count). The molecule has 12 heteroatoms. The van der Waals surface area contributed by atoms with Crippen LogP contribution in [-0.4, -0.2) is 44.1 Å². The van der Waals surface area contributed by atoms with Crippen molar-refractivity contribution in [1.29, 1.82) is 0 Å². The summed E-state index contributed by atoms with van der Waals surface area (Å²) in [6.07, 6.45) is 0. The quantitative estimate of drug-likeness (QED) is 0.185. The number of rotatable bonds is 9. The van der Waals surface area contributed by atoms with E-state index in [9.17, 15) is 34.4 Å². The Morgan fingerprint density at radius 1 is 0.861 bits per heavy atom. The van der Waals surface area contributed by atoms with Crippen LogP contribution in [0.1, 0.15) is 38.0 Å². The lowest BCUT2D eigenvalue weighted by molar-refractivity contribution is -0.384. The normalized spacial score (nSPS) is 11.2. The summed E-state index contributed by atoms with van der Waals surface area (Å²) in [5.74, 6) is -3.84. The number of aromatic carboxylic acids is 2. The number of benzene rings is 3. The molecule has 0 aromatic heterocycles. The monoisotopic (exact) mass is 509 g/mol. The summed E-state index contributed by atoms with van der Waals surface area (Å²) in [5, 5.41) is 33.9. The fourth-order valence-corrected chi connectivity index (χ4v) is 3.99. The van der Waals surface area contributed by atoms with E-state index in [0.717, 1.165) is 18.2 Å². The average molecular weight is 509 g/mol. The number of hydrogen-bond donors (Lipinski definition) is 4. The van der Waals surface area contributed by atoms with Crippen molar-refractivity contribution in [3.05, 3.63) is 93.5 Å². The molecule has 0 saturated carbocycles. The number of amides is 2. The van der Waals surface area contributed by atoms with Gasteiger partial charge in [-0.3, -0.25) is 19.7 Å². The van der Waals surface area contributed by atoms with Crippen molar-refractivity contribution in [3.8, 4) is 0 Å². The zero-order valence-corrected chi connectivity index (χ0v) is 19.4. The third kappa shape index (κ3) is 6.45. The van der Waals surface area contributed by atoms with Gasteiger partial charge in [-0.15, -0.1) is 11.8 Å². The van der Waals surface area contributed by atoms with E-state index in [0.29, 0.717) is 16.3 Å². The largest absolute Gasteiger partial charge is 0.478 e. The van der Waals surface area contributed by atoms with Gasteiger partial charge in [0, 0.05) is 28.4 Å². The number of thioether (sulfide) groups is 1. The zero-order valence-electron chi connectivity index (χ0n) is 18.6. The summed E-state index contributed by atoms with van der Waals surface area (Å²) in [6, 6.07) is 15.2. The van der Waals surface area contributed by atoms with E-state index in [1.54, 1.807) is 31.2 Å². The highest BCUT2D eigenvalue weighted by molar-refractivity contribution is 8.00. The van der Waals surface area contributed by atoms with Gasteiger partial charge >= 0.3 is 11.9 Å². The van der Waals surface area contributed by atoms with Gasteiger partial charge in [0.25, 0.3) is 11.6 Å². The molecule has 0 heterocycles. The molecule has 36 heavy (non-hydrogen) atoms. The van der Waals surface area contributed by atoms with Gasteiger partial charge in [0.2, 0.25) is 5.91 Å². The molecule has 0 spiro atoms. The second kappa shape index (κ2) is 11.1. The van der Waals surface area contributed by atoms with Crippen molar-refractivity contribution in [2.24, 2.45) is 0 Å². The molecule has 0 radical (unpaired) electrons. The van der Waals surface area contributed by atoms with Gasteiger partial charge in [0.1, 0.15) is 0 Å². The second-order valence-electron chi connectivity index (χ2n) is 7.41. The first kappa shape index (κ1) is 25.9. The maximum atomic E-state index is 12.7. The summed E-state index contributed by atoms with van der Waals surface area (Å²) in [7, 11) is 0. The van der Waals surface area contributed by atoms with E-state index in [4.69, 9.17) is 5.11 Å². The topological polar surface area (TPSA) is 176 Å². The number of hydrogen-bond acceptors (Lipinski definition) is 7. The highest BCUT2D eigenvalue weighted by atomic mass is 32.2. The maximum absolute atomic E-state index is 12.7. The molecular formula is C24H19N3O8S. The van der Waals surface area contributed by atoms with Crippen LogP contribution >= 0.6 is 11.8 Å². The van der Waals surface area contributed by atoms with Crippen molar-refractivity contribution in [2.45, 2.75) is 17.1 Å². The molecule has 0 saturated heterocycles. The lowest BCUT2D eigenvalue weighted by atomic mass is 10.0. The van der Waals surface area contributed by atoms with E-state index in [-0.39, 0.29) is 22.7 Å². The molecule has 2 amide bonds. The van der Waals surface area contributed by atoms with Crippen LogP contribution in [0.25, 0.3) is 0 Å². The van der Waals surface area contributed by atoms with Crippen LogP contribution < -0.4 is 10.6 Å².